The Morgan fingerprint density at radius 2 is 1.60 bits per heavy atom. The number of hydrogen-bond acceptors (Lipinski definition) is 4. The second-order valence-electron chi connectivity index (χ2n) is 6.18. The number of ether oxygens (including phenoxy) is 2. The molecule has 0 heterocycles. The van der Waals surface area contributed by atoms with Crippen molar-refractivity contribution in [2.75, 3.05) is 13.2 Å². The number of carbonyl (C=O) groups excluding carboxylic acids is 2. The quantitative estimate of drug-likeness (QED) is 0.451. The molecule has 0 saturated carbocycles. The van der Waals surface area contributed by atoms with E-state index in [4.69, 9.17) is 9.47 Å². The normalized spacial score (nSPS) is 20.6. The van der Waals surface area contributed by atoms with Crippen molar-refractivity contribution in [3.8, 4) is 0 Å². The van der Waals surface area contributed by atoms with Crippen LogP contribution >= 0.6 is 0 Å². The third-order valence-electron chi connectivity index (χ3n) is 3.75. The highest BCUT2D eigenvalue weighted by Crippen LogP contribution is 2.43. The van der Waals surface area contributed by atoms with E-state index in [1.807, 2.05) is 6.92 Å². The van der Waals surface area contributed by atoms with Crippen molar-refractivity contribution in [3.63, 3.8) is 0 Å². The van der Waals surface area contributed by atoms with Crippen LogP contribution in [0.5, 0.6) is 0 Å². The summed E-state index contributed by atoms with van der Waals surface area (Å²) in [5.41, 5.74) is -0.167. The zero-order chi connectivity index (χ0) is 15.4. The smallest absolute Gasteiger partial charge is 0.323 e. The lowest BCUT2D eigenvalue weighted by molar-refractivity contribution is -0.172. The second kappa shape index (κ2) is 6.42. The molecule has 114 valence electrons. The number of hydrogen-bond donors (Lipinski definition) is 0. The van der Waals surface area contributed by atoms with Gasteiger partial charge in [0, 0.05) is 0 Å². The Bertz CT molecular complexity index is 389. The first-order valence-electron chi connectivity index (χ1n) is 7.30. The van der Waals surface area contributed by atoms with Gasteiger partial charge in [0.25, 0.3) is 0 Å². The van der Waals surface area contributed by atoms with E-state index in [1.54, 1.807) is 13.8 Å². The SMILES string of the molecule is CCOC(=O)C1(C(=O)OCC)CCC(C)(C)C=C(C)C1. The van der Waals surface area contributed by atoms with Crippen molar-refractivity contribution in [2.24, 2.45) is 10.8 Å². The van der Waals surface area contributed by atoms with E-state index < -0.39 is 17.4 Å². The Balaban J connectivity index is 3.15. The van der Waals surface area contributed by atoms with Crippen molar-refractivity contribution in [3.05, 3.63) is 11.6 Å². The highest BCUT2D eigenvalue weighted by molar-refractivity contribution is 6.00. The maximum Gasteiger partial charge on any atom is 0.323 e. The van der Waals surface area contributed by atoms with Crippen LogP contribution in [-0.2, 0) is 19.1 Å². The lowest BCUT2D eigenvalue weighted by Gasteiger charge is -2.29. The van der Waals surface area contributed by atoms with Crippen LogP contribution in [0.1, 0.15) is 53.9 Å². The fraction of sp³-hybridized carbons (Fsp3) is 0.750. The molecule has 0 spiro atoms. The average molecular weight is 282 g/mol. The van der Waals surface area contributed by atoms with Gasteiger partial charge in [-0.25, -0.2) is 0 Å². The van der Waals surface area contributed by atoms with Crippen LogP contribution in [0.25, 0.3) is 0 Å². The molecule has 0 fully saturated rings. The van der Waals surface area contributed by atoms with Gasteiger partial charge < -0.3 is 9.47 Å². The molecular weight excluding hydrogens is 256 g/mol. The van der Waals surface area contributed by atoms with Crippen molar-refractivity contribution in [2.45, 2.75) is 53.9 Å². The van der Waals surface area contributed by atoms with Crippen molar-refractivity contribution in [1.82, 2.24) is 0 Å². The van der Waals surface area contributed by atoms with Gasteiger partial charge in [-0.3, -0.25) is 9.59 Å². The standard InChI is InChI=1S/C16H26O4/c1-6-19-13(17)16(14(18)20-7-2)9-8-15(4,5)10-12(3)11-16/h10H,6-9,11H2,1-5H3. The third kappa shape index (κ3) is 3.62. The molecule has 0 unspecified atom stereocenters. The third-order valence-corrected chi connectivity index (χ3v) is 3.75. The van der Waals surface area contributed by atoms with Crippen LogP contribution in [0.15, 0.2) is 11.6 Å². The molecule has 0 amide bonds. The molecule has 0 atom stereocenters. The maximum absolute atomic E-state index is 12.4. The van der Waals surface area contributed by atoms with Gasteiger partial charge in [-0.1, -0.05) is 25.5 Å². The van der Waals surface area contributed by atoms with Gasteiger partial charge >= 0.3 is 11.9 Å². The first-order chi connectivity index (χ1) is 9.27. The highest BCUT2D eigenvalue weighted by Gasteiger charge is 2.50. The lowest BCUT2D eigenvalue weighted by atomic mass is 9.77. The molecule has 0 radical (unpaired) electrons. The van der Waals surface area contributed by atoms with Gasteiger partial charge in [-0.05, 0) is 45.4 Å². The van der Waals surface area contributed by atoms with Crippen LogP contribution in [-0.4, -0.2) is 25.2 Å². The Labute approximate surface area is 121 Å². The molecule has 4 heteroatoms. The summed E-state index contributed by atoms with van der Waals surface area (Å²) in [4.78, 5) is 24.8. The Morgan fingerprint density at radius 1 is 1.10 bits per heavy atom. The minimum Gasteiger partial charge on any atom is -0.465 e. The van der Waals surface area contributed by atoms with Gasteiger partial charge in [-0.15, -0.1) is 0 Å². The lowest BCUT2D eigenvalue weighted by Crippen LogP contribution is -2.42. The molecule has 0 bridgehead atoms. The summed E-state index contributed by atoms with van der Waals surface area (Å²) in [6, 6.07) is 0. The maximum atomic E-state index is 12.4. The van der Waals surface area contributed by atoms with Crippen LogP contribution in [0.2, 0.25) is 0 Å². The molecule has 0 saturated heterocycles. The molecule has 0 N–H and O–H groups in total. The van der Waals surface area contributed by atoms with E-state index in [0.29, 0.717) is 12.8 Å². The monoisotopic (exact) mass is 282 g/mol. The predicted molar refractivity (Wildman–Crippen MR) is 77.1 cm³/mol. The van der Waals surface area contributed by atoms with E-state index in [-0.39, 0.29) is 18.6 Å². The van der Waals surface area contributed by atoms with Gasteiger partial charge in [0.05, 0.1) is 13.2 Å². The van der Waals surface area contributed by atoms with Crippen LogP contribution < -0.4 is 0 Å². The molecule has 0 aromatic rings. The van der Waals surface area contributed by atoms with E-state index in [2.05, 4.69) is 19.9 Å². The highest BCUT2D eigenvalue weighted by atomic mass is 16.6. The summed E-state index contributed by atoms with van der Waals surface area (Å²) in [5, 5.41) is 0. The van der Waals surface area contributed by atoms with Crippen molar-refractivity contribution >= 4 is 11.9 Å². The van der Waals surface area contributed by atoms with Crippen molar-refractivity contribution in [1.29, 1.82) is 0 Å². The van der Waals surface area contributed by atoms with Gasteiger partial charge in [0.15, 0.2) is 5.41 Å². The molecular formula is C16H26O4. The number of carbonyl (C=O) groups is 2. The largest absolute Gasteiger partial charge is 0.465 e. The van der Waals surface area contributed by atoms with E-state index in [0.717, 1.165) is 12.0 Å². The molecule has 0 aromatic carbocycles. The number of esters is 2. The molecule has 1 aliphatic rings. The fourth-order valence-corrected chi connectivity index (χ4v) is 2.86. The van der Waals surface area contributed by atoms with Crippen LogP contribution in [0, 0.1) is 10.8 Å². The Morgan fingerprint density at radius 3 is 2.05 bits per heavy atom. The summed E-state index contributed by atoms with van der Waals surface area (Å²) in [6.07, 6.45) is 3.74. The number of allylic oxidation sites excluding steroid dienone is 2. The fourth-order valence-electron chi connectivity index (χ4n) is 2.86. The minimum absolute atomic E-state index is 0.0230. The summed E-state index contributed by atoms with van der Waals surface area (Å²) in [6.45, 7) is 10.2. The molecule has 0 aliphatic heterocycles. The summed E-state index contributed by atoms with van der Waals surface area (Å²) in [7, 11) is 0. The van der Waals surface area contributed by atoms with Gasteiger partial charge in [-0.2, -0.15) is 0 Å². The molecule has 4 nitrogen and oxygen atoms in total. The molecule has 0 aromatic heterocycles. The Kier molecular flexibility index (Phi) is 5.37. The van der Waals surface area contributed by atoms with Crippen LogP contribution in [0.4, 0.5) is 0 Å². The van der Waals surface area contributed by atoms with E-state index in [1.165, 1.54) is 0 Å². The zero-order valence-electron chi connectivity index (χ0n) is 13.2. The number of rotatable bonds is 4. The van der Waals surface area contributed by atoms with E-state index >= 15 is 0 Å². The average Bonchev–Trinajstić information content (AvgIpc) is 2.46. The first kappa shape index (κ1) is 16.7. The summed E-state index contributed by atoms with van der Waals surface area (Å²) >= 11 is 0. The Hall–Kier alpha value is -1.32. The zero-order valence-corrected chi connectivity index (χ0v) is 13.2. The first-order valence-corrected chi connectivity index (χ1v) is 7.30. The second-order valence-corrected chi connectivity index (χ2v) is 6.18. The minimum atomic E-state index is -1.18. The summed E-state index contributed by atoms with van der Waals surface area (Å²) < 4.78 is 10.3. The molecule has 1 aliphatic carbocycles. The van der Waals surface area contributed by atoms with Crippen molar-refractivity contribution < 1.29 is 19.1 Å². The topological polar surface area (TPSA) is 52.6 Å². The van der Waals surface area contributed by atoms with Gasteiger partial charge in [0.2, 0.25) is 0 Å². The molecule has 20 heavy (non-hydrogen) atoms. The summed E-state index contributed by atoms with van der Waals surface area (Å²) in [5.74, 6) is -0.909. The van der Waals surface area contributed by atoms with E-state index in [9.17, 15) is 9.59 Å². The predicted octanol–water partition coefficient (Wildman–Crippen LogP) is 3.26. The molecule has 1 rings (SSSR count). The van der Waals surface area contributed by atoms with Gasteiger partial charge in [0.1, 0.15) is 0 Å². The van der Waals surface area contributed by atoms with Crippen LogP contribution in [0.3, 0.4) is 0 Å².